The molecule has 38 heavy (non-hydrogen) atoms. The molecule has 10 heteroatoms. The van der Waals surface area contributed by atoms with Gasteiger partial charge in [0.1, 0.15) is 17.9 Å². The largest absolute Gasteiger partial charge is 0.453 e. The standard InChI is InChI=1S/C28H32N6O4/c1-38-28(37)34-24(22(17-9-4-2-5-10-17)18-11-6-3-7-12-18)27(36)33-23(25(35)20-13-8-14-31-20)21-15-19(16-32-21)26(29)30/h2-7,9-12,15-16,20,22-24,31-32H,8,13-14H2,1H3,(H3,29,30)(H,33,36)(H,34,37)/t20-,23?,24+/m0/s1. The monoisotopic (exact) mass is 516 g/mol. The van der Waals surface area contributed by atoms with E-state index < -0.39 is 36.0 Å². The summed E-state index contributed by atoms with van der Waals surface area (Å²) in [6.45, 7) is 0.705. The number of carbonyl (C=O) groups excluding carboxylic acids is 3. The molecular weight excluding hydrogens is 484 g/mol. The van der Waals surface area contributed by atoms with Crippen LogP contribution in [0.1, 0.15) is 47.2 Å². The van der Waals surface area contributed by atoms with Gasteiger partial charge in [-0.05, 0) is 36.6 Å². The molecule has 3 aromatic rings. The molecule has 1 unspecified atom stereocenters. The SMILES string of the molecule is COC(=O)N[C@@H](C(=O)NC(C(=O)[C@@H]1CCCN1)c1cc(C(=N)N)c[nH]1)C(c1ccccc1)c1ccccc1. The van der Waals surface area contributed by atoms with Crippen LogP contribution in [0.5, 0.6) is 0 Å². The van der Waals surface area contributed by atoms with Gasteiger partial charge in [0.15, 0.2) is 5.78 Å². The maximum atomic E-state index is 14.0. The van der Waals surface area contributed by atoms with Crippen molar-refractivity contribution in [3.8, 4) is 0 Å². The number of H-pyrrole nitrogens is 1. The Kier molecular flexibility index (Phi) is 8.55. The molecule has 1 aliphatic heterocycles. The Labute approximate surface area is 220 Å². The highest BCUT2D eigenvalue weighted by atomic mass is 16.5. The number of carbonyl (C=O) groups is 3. The van der Waals surface area contributed by atoms with E-state index in [-0.39, 0.29) is 11.6 Å². The maximum Gasteiger partial charge on any atom is 0.407 e. The van der Waals surface area contributed by atoms with Crippen LogP contribution in [0.4, 0.5) is 4.79 Å². The highest BCUT2D eigenvalue weighted by Crippen LogP contribution is 2.29. The number of nitrogens with one attached hydrogen (secondary N) is 5. The number of aromatic amines is 1. The van der Waals surface area contributed by atoms with Crippen molar-refractivity contribution in [2.24, 2.45) is 5.73 Å². The predicted octanol–water partition coefficient (Wildman–Crippen LogP) is 2.33. The van der Waals surface area contributed by atoms with Crippen molar-refractivity contribution in [3.05, 3.63) is 95.3 Å². The second kappa shape index (κ2) is 12.2. The minimum atomic E-state index is -1.11. The quantitative estimate of drug-likeness (QED) is 0.179. The van der Waals surface area contributed by atoms with E-state index in [0.29, 0.717) is 24.2 Å². The number of ketones is 1. The van der Waals surface area contributed by atoms with Gasteiger partial charge >= 0.3 is 6.09 Å². The normalized spacial score (nSPS) is 16.4. The summed E-state index contributed by atoms with van der Waals surface area (Å²) < 4.78 is 4.85. The molecule has 1 aliphatic rings. The number of amidine groups is 1. The van der Waals surface area contributed by atoms with E-state index in [0.717, 1.165) is 17.5 Å². The van der Waals surface area contributed by atoms with E-state index in [1.54, 1.807) is 6.07 Å². The molecule has 2 heterocycles. The number of hydrogen-bond donors (Lipinski definition) is 6. The molecule has 2 amide bonds. The number of Topliss-reactive ketones (excluding diaryl/α,β-unsaturated/α-hetero) is 1. The number of rotatable bonds is 10. The Morgan fingerprint density at radius 2 is 1.66 bits per heavy atom. The summed E-state index contributed by atoms with van der Waals surface area (Å²) in [6, 6.07) is 17.7. The van der Waals surface area contributed by atoms with Crippen LogP contribution in [0, 0.1) is 5.41 Å². The summed E-state index contributed by atoms with van der Waals surface area (Å²) in [5.74, 6) is -1.53. The molecule has 2 aromatic carbocycles. The summed E-state index contributed by atoms with van der Waals surface area (Å²) in [7, 11) is 1.23. The number of amides is 2. The van der Waals surface area contributed by atoms with E-state index in [1.165, 1.54) is 13.3 Å². The van der Waals surface area contributed by atoms with Crippen molar-refractivity contribution in [2.75, 3.05) is 13.7 Å². The first kappa shape index (κ1) is 26.6. The minimum absolute atomic E-state index is 0.164. The van der Waals surface area contributed by atoms with E-state index >= 15 is 0 Å². The summed E-state index contributed by atoms with van der Waals surface area (Å²) in [5, 5.41) is 16.5. The molecule has 0 aliphatic carbocycles. The van der Waals surface area contributed by atoms with Crippen LogP contribution >= 0.6 is 0 Å². The van der Waals surface area contributed by atoms with Crippen LogP contribution in [0.25, 0.3) is 0 Å². The number of hydrogen-bond acceptors (Lipinski definition) is 6. The second-order valence-electron chi connectivity index (χ2n) is 9.16. The van der Waals surface area contributed by atoms with Crippen molar-refractivity contribution >= 4 is 23.6 Å². The molecule has 0 radical (unpaired) electrons. The Bertz CT molecular complexity index is 1230. The Hall–Kier alpha value is -4.44. The van der Waals surface area contributed by atoms with Crippen LogP contribution < -0.4 is 21.7 Å². The molecule has 7 N–H and O–H groups in total. The van der Waals surface area contributed by atoms with Crippen molar-refractivity contribution in [2.45, 2.75) is 36.9 Å². The predicted molar refractivity (Wildman–Crippen MR) is 143 cm³/mol. The number of nitrogen functional groups attached to an aromatic ring is 1. The van der Waals surface area contributed by atoms with Gasteiger partial charge in [-0.2, -0.15) is 0 Å². The van der Waals surface area contributed by atoms with Gasteiger partial charge in [-0.15, -0.1) is 0 Å². The lowest BCUT2D eigenvalue weighted by atomic mass is 9.84. The van der Waals surface area contributed by atoms with Gasteiger partial charge in [0.2, 0.25) is 5.91 Å². The van der Waals surface area contributed by atoms with E-state index in [9.17, 15) is 14.4 Å². The highest BCUT2D eigenvalue weighted by Gasteiger charge is 2.37. The van der Waals surface area contributed by atoms with Crippen molar-refractivity contribution in [1.82, 2.24) is 20.9 Å². The molecule has 1 aromatic heterocycles. The smallest absolute Gasteiger partial charge is 0.407 e. The highest BCUT2D eigenvalue weighted by molar-refractivity contribution is 5.98. The van der Waals surface area contributed by atoms with Crippen molar-refractivity contribution in [1.29, 1.82) is 5.41 Å². The molecule has 0 saturated carbocycles. The van der Waals surface area contributed by atoms with Crippen LogP contribution in [0.15, 0.2) is 72.9 Å². The number of nitrogens with two attached hydrogens (primary N) is 1. The Balaban J connectivity index is 1.73. The van der Waals surface area contributed by atoms with Crippen LogP contribution in [-0.4, -0.2) is 54.3 Å². The summed E-state index contributed by atoms with van der Waals surface area (Å²) in [6.07, 6.45) is 2.23. The number of ether oxygens (including phenoxy) is 1. The van der Waals surface area contributed by atoms with Gasteiger partial charge in [0.25, 0.3) is 0 Å². The topological polar surface area (TPSA) is 162 Å². The number of methoxy groups -OCH3 is 1. The lowest BCUT2D eigenvalue weighted by Crippen LogP contribution is -2.53. The van der Waals surface area contributed by atoms with Crippen molar-refractivity contribution in [3.63, 3.8) is 0 Å². The molecular formula is C28H32N6O4. The minimum Gasteiger partial charge on any atom is -0.453 e. The summed E-state index contributed by atoms with van der Waals surface area (Å²) >= 11 is 0. The lowest BCUT2D eigenvalue weighted by molar-refractivity contribution is -0.130. The average Bonchev–Trinajstić information content (AvgIpc) is 3.65. The molecule has 1 fully saturated rings. The van der Waals surface area contributed by atoms with E-state index in [1.807, 2.05) is 60.7 Å². The van der Waals surface area contributed by atoms with Crippen LogP contribution in [0.3, 0.4) is 0 Å². The fourth-order valence-corrected chi connectivity index (χ4v) is 4.78. The fourth-order valence-electron chi connectivity index (χ4n) is 4.78. The molecule has 198 valence electrons. The maximum absolute atomic E-state index is 14.0. The van der Waals surface area contributed by atoms with Crippen molar-refractivity contribution < 1.29 is 19.1 Å². The summed E-state index contributed by atoms with van der Waals surface area (Å²) in [4.78, 5) is 43.0. The third-order valence-corrected chi connectivity index (χ3v) is 6.69. The van der Waals surface area contributed by atoms with Gasteiger partial charge in [-0.3, -0.25) is 15.0 Å². The average molecular weight is 517 g/mol. The van der Waals surface area contributed by atoms with E-state index in [2.05, 4.69) is 20.9 Å². The number of alkyl carbamates (subject to hydrolysis) is 1. The van der Waals surface area contributed by atoms with Gasteiger partial charge < -0.3 is 31.4 Å². The third-order valence-electron chi connectivity index (χ3n) is 6.69. The molecule has 10 nitrogen and oxygen atoms in total. The first-order chi connectivity index (χ1) is 18.4. The second-order valence-corrected chi connectivity index (χ2v) is 9.16. The first-order valence-corrected chi connectivity index (χ1v) is 12.4. The zero-order chi connectivity index (χ0) is 27.1. The zero-order valence-corrected chi connectivity index (χ0v) is 21.1. The van der Waals surface area contributed by atoms with Crippen LogP contribution in [0.2, 0.25) is 0 Å². The Morgan fingerprint density at radius 3 is 2.16 bits per heavy atom. The zero-order valence-electron chi connectivity index (χ0n) is 21.1. The molecule has 3 atom stereocenters. The van der Waals surface area contributed by atoms with E-state index in [4.69, 9.17) is 15.9 Å². The lowest BCUT2D eigenvalue weighted by Gasteiger charge is -2.30. The fraction of sp³-hybridized carbons (Fsp3) is 0.286. The Morgan fingerprint density at radius 1 is 1.03 bits per heavy atom. The molecule has 0 bridgehead atoms. The molecule has 0 spiro atoms. The number of benzene rings is 2. The van der Waals surface area contributed by atoms with Crippen LogP contribution in [-0.2, 0) is 14.3 Å². The first-order valence-electron chi connectivity index (χ1n) is 12.4. The van der Waals surface area contributed by atoms with Gasteiger partial charge in [0.05, 0.1) is 13.2 Å². The molecule has 1 saturated heterocycles. The third kappa shape index (κ3) is 6.09. The van der Waals surface area contributed by atoms with Gasteiger partial charge in [0, 0.05) is 23.4 Å². The summed E-state index contributed by atoms with van der Waals surface area (Å²) in [5.41, 5.74) is 8.03. The van der Waals surface area contributed by atoms with Gasteiger partial charge in [-0.25, -0.2) is 4.79 Å². The van der Waals surface area contributed by atoms with Gasteiger partial charge in [-0.1, -0.05) is 60.7 Å². The molecule has 4 rings (SSSR count). The number of aromatic nitrogens is 1.